The maximum absolute atomic E-state index is 13.4. The molecule has 2 N–H and O–H groups in total. The van der Waals surface area contributed by atoms with Crippen LogP contribution < -0.4 is 5.32 Å². The molecule has 0 saturated heterocycles. The van der Waals surface area contributed by atoms with Crippen molar-refractivity contribution in [1.82, 2.24) is 19.7 Å². The lowest BCUT2D eigenvalue weighted by molar-refractivity contribution is 0.102. The van der Waals surface area contributed by atoms with Gasteiger partial charge in [0.1, 0.15) is 0 Å². The molecule has 0 radical (unpaired) electrons. The molecule has 0 fully saturated rings. The number of aromatic amines is 1. The summed E-state index contributed by atoms with van der Waals surface area (Å²) < 4.78 is 1.98. The summed E-state index contributed by atoms with van der Waals surface area (Å²) >= 11 is 1.55. The van der Waals surface area contributed by atoms with Crippen molar-refractivity contribution in [1.29, 1.82) is 0 Å². The van der Waals surface area contributed by atoms with E-state index in [2.05, 4.69) is 38.7 Å². The molecule has 0 aliphatic rings. The summed E-state index contributed by atoms with van der Waals surface area (Å²) in [5.74, 6) is -0.155. The number of anilines is 1. The summed E-state index contributed by atoms with van der Waals surface area (Å²) in [6.07, 6.45) is 9.59. The van der Waals surface area contributed by atoms with E-state index in [1.54, 1.807) is 18.0 Å². The Morgan fingerprint density at radius 3 is 2.55 bits per heavy atom. The Balaban J connectivity index is 1.23. The van der Waals surface area contributed by atoms with E-state index in [1.165, 1.54) is 0 Å². The van der Waals surface area contributed by atoms with Gasteiger partial charge in [-0.3, -0.25) is 14.9 Å². The van der Waals surface area contributed by atoms with Gasteiger partial charge in [0.15, 0.2) is 0 Å². The van der Waals surface area contributed by atoms with Gasteiger partial charge < -0.3 is 9.88 Å². The summed E-state index contributed by atoms with van der Waals surface area (Å²) in [5, 5.41) is 11.7. The summed E-state index contributed by atoms with van der Waals surface area (Å²) in [6, 6.07) is 31.3. The van der Waals surface area contributed by atoms with Crippen LogP contribution in [-0.4, -0.2) is 25.7 Å². The monoisotopic (exact) mass is 513 g/mol. The predicted octanol–water partition coefficient (Wildman–Crippen LogP) is 7.32. The smallest absolute Gasteiger partial charge is 0.256 e. The third kappa shape index (κ3) is 5.00. The second-order valence-electron chi connectivity index (χ2n) is 8.56. The average Bonchev–Trinajstić information content (AvgIpc) is 3.63. The fraction of sp³-hybridized carbons (Fsp3) is 0. The number of amides is 1. The van der Waals surface area contributed by atoms with E-state index in [9.17, 15) is 4.79 Å². The molecule has 6 nitrogen and oxygen atoms in total. The van der Waals surface area contributed by atoms with Gasteiger partial charge in [-0.25, -0.2) is 0 Å². The van der Waals surface area contributed by atoms with Crippen LogP contribution in [0.15, 0.2) is 125 Å². The van der Waals surface area contributed by atoms with Crippen molar-refractivity contribution < 1.29 is 4.79 Å². The third-order valence-corrected chi connectivity index (χ3v) is 7.12. The maximum atomic E-state index is 13.4. The number of aromatic nitrogens is 4. The van der Waals surface area contributed by atoms with Crippen LogP contribution in [0.3, 0.4) is 0 Å². The Morgan fingerprint density at radius 1 is 0.868 bits per heavy atom. The van der Waals surface area contributed by atoms with Crippen LogP contribution in [0.2, 0.25) is 0 Å². The lowest BCUT2D eigenvalue weighted by atomic mass is 10.2. The number of fused-ring (bicyclic) bond motifs is 1. The zero-order valence-electron chi connectivity index (χ0n) is 20.3. The largest absolute Gasteiger partial charge is 0.322 e. The van der Waals surface area contributed by atoms with Gasteiger partial charge in [0.2, 0.25) is 0 Å². The second kappa shape index (κ2) is 10.6. The van der Waals surface area contributed by atoms with Crippen molar-refractivity contribution in [2.75, 3.05) is 5.32 Å². The van der Waals surface area contributed by atoms with Crippen LogP contribution in [0.5, 0.6) is 0 Å². The number of carbonyl (C=O) groups excluding carboxylic acids is 1. The van der Waals surface area contributed by atoms with E-state index >= 15 is 0 Å². The molecule has 0 aliphatic carbocycles. The average molecular weight is 514 g/mol. The molecule has 3 aromatic heterocycles. The molecule has 6 rings (SSSR count). The van der Waals surface area contributed by atoms with Gasteiger partial charge in [0.25, 0.3) is 5.91 Å². The molecular formula is C31H23N5OS. The Bertz CT molecular complexity index is 1740. The molecule has 3 heterocycles. The first kappa shape index (κ1) is 23.5. The second-order valence-corrected chi connectivity index (χ2v) is 9.68. The molecule has 38 heavy (non-hydrogen) atoms. The van der Waals surface area contributed by atoms with Gasteiger partial charge in [-0.15, -0.1) is 0 Å². The Morgan fingerprint density at radius 2 is 1.68 bits per heavy atom. The molecule has 0 saturated carbocycles. The third-order valence-electron chi connectivity index (χ3n) is 6.06. The fourth-order valence-corrected chi connectivity index (χ4v) is 5.19. The maximum Gasteiger partial charge on any atom is 0.256 e. The van der Waals surface area contributed by atoms with E-state index in [-0.39, 0.29) is 5.91 Å². The van der Waals surface area contributed by atoms with Gasteiger partial charge in [-0.1, -0.05) is 42.1 Å². The molecule has 3 aromatic carbocycles. The zero-order valence-corrected chi connectivity index (χ0v) is 21.1. The first-order valence-electron chi connectivity index (χ1n) is 12.1. The molecule has 184 valence electrons. The first-order valence-corrected chi connectivity index (χ1v) is 12.9. The van der Waals surface area contributed by atoms with Crippen LogP contribution >= 0.6 is 11.8 Å². The number of nitrogens with zero attached hydrogens (tertiary/aromatic N) is 3. The fourth-order valence-electron chi connectivity index (χ4n) is 4.21. The first-order chi connectivity index (χ1) is 18.7. The van der Waals surface area contributed by atoms with Crippen molar-refractivity contribution in [3.8, 4) is 5.69 Å². The molecule has 7 heteroatoms. The van der Waals surface area contributed by atoms with E-state index in [1.807, 2.05) is 108 Å². The van der Waals surface area contributed by atoms with E-state index in [0.717, 1.165) is 43.5 Å². The number of nitrogens with one attached hydrogen (secondary N) is 2. The highest BCUT2D eigenvalue weighted by atomic mass is 32.2. The molecule has 0 unspecified atom stereocenters. The van der Waals surface area contributed by atoms with Gasteiger partial charge in [0.05, 0.1) is 33.8 Å². The SMILES string of the molecule is O=C(Nc1ccccc1-n1cccc1)c1ccccc1Sc1ccc2c(/C=C/c3ccccn3)n[nH]c2c1. The van der Waals surface area contributed by atoms with Crippen molar-refractivity contribution >= 4 is 46.4 Å². The van der Waals surface area contributed by atoms with Crippen LogP contribution in [0, 0.1) is 0 Å². The van der Waals surface area contributed by atoms with Gasteiger partial charge >= 0.3 is 0 Å². The normalized spacial score (nSPS) is 11.3. The highest BCUT2D eigenvalue weighted by Gasteiger charge is 2.15. The van der Waals surface area contributed by atoms with E-state index < -0.39 is 0 Å². The Labute approximate surface area is 224 Å². The molecule has 6 aromatic rings. The molecule has 0 spiro atoms. The molecule has 0 aliphatic heterocycles. The van der Waals surface area contributed by atoms with E-state index in [4.69, 9.17) is 0 Å². The van der Waals surface area contributed by atoms with Gasteiger partial charge in [-0.05, 0) is 78.9 Å². The number of benzene rings is 3. The van der Waals surface area contributed by atoms with Crippen LogP contribution in [0.1, 0.15) is 21.7 Å². The number of carbonyl (C=O) groups is 1. The molecular weight excluding hydrogens is 490 g/mol. The number of para-hydroxylation sites is 2. The number of H-pyrrole nitrogens is 1. The van der Waals surface area contributed by atoms with Crippen LogP contribution in [0.4, 0.5) is 5.69 Å². The predicted molar refractivity (Wildman–Crippen MR) is 154 cm³/mol. The summed E-state index contributed by atoms with van der Waals surface area (Å²) in [5.41, 5.74) is 4.93. The van der Waals surface area contributed by atoms with Crippen molar-refractivity contribution in [3.05, 3.63) is 133 Å². The quantitative estimate of drug-likeness (QED) is 0.234. The minimum atomic E-state index is -0.155. The topological polar surface area (TPSA) is 75.6 Å². The van der Waals surface area contributed by atoms with Gasteiger partial charge in [0, 0.05) is 33.8 Å². The van der Waals surface area contributed by atoms with Crippen molar-refractivity contribution in [2.45, 2.75) is 9.79 Å². The van der Waals surface area contributed by atoms with Crippen molar-refractivity contribution in [2.24, 2.45) is 0 Å². The summed E-state index contributed by atoms with van der Waals surface area (Å²) in [4.78, 5) is 19.6. The number of pyridine rings is 1. The minimum Gasteiger partial charge on any atom is -0.322 e. The summed E-state index contributed by atoms with van der Waals surface area (Å²) in [6.45, 7) is 0. The van der Waals surface area contributed by atoms with E-state index in [0.29, 0.717) is 5.56 Å². The number of rotatable bonds is 7. The Hall–Kier alpha value is -4.88. The van der Waals surface area contributed by atoms with Crippen LogP contribution in [0.25, 0.3) is 28.7 Å². The highest BCUT2D eigenvalue weighted by Crippen LogP contribution is 2.33. The number of hydrogen-bond acceptors (Lipinski definition) is 4. The van der Waals surface area contributed by atoms with Crippen LogP contribution in [-0.2, 0) is 0 Å². The lowest BCUT2D eigenvalue weighted by Gasteiger charge is -2.14. The zero-order chi connectivity index (χ0) is 25.7. The minimum absolute atomic E-state index is 0.155. The number of hydrogen-bond donors (Lipinski definition) is 2. The molecule has 1 amide bonds. The highest BCUT2D eigenvalue weighted by molar-refractivity contribution is 7.99. The van der Waals surface area contributed by atoms with Gasteiger partial charge in [-0.2, -0.15) is 5.10 Å². The van der Waals surface area contributed by atoms with Crippen molar-refractivity contribution in [3.63, 3.8) is 0 Å². The standard InChI is InChI=1S/C31H23N5OS/c37-31(33-27-11-2-3-12-29(27)36-19-7-8-20-36)25-10-1-4-13-30(25)38-23-15-16-24-26(34-35-28(24)21-23)17-14-22-9-5-6-18-32-22/h1-21H,(H,33,37)(H,34,35)/b17-14+. The lowest BCUT2D eigenvalue weighted by Crippen LogP contribution is -2.14. The Kier molecular flexibility index (Phi) is 6.57. The molecule has 0 bridgehead atoms. The summed E-state index contributed by atoms with van der Waals surface area (Å²) in [7, 11) is 0. The molecule has 0 atom stereocenters.